The highest BCUT2D eigenvalue weighted by Crippen LogP contribution is 2.32. The number of anilines is 2. The van der Waals surface area contributed by atoms with Crippen LogP contribution in [0.3, 0.4) is 0 Å². The first kappa shape index (κ1) is 22.5. The Labute approximate surface area is 194 Å². The summed E-state index contributed by atoms with van der Waals surface area (Å²) in [4.78, 5) is 35.7. The van der Waals surface area contributed by atoms with Crippen LogP contribution in [0, 0.1) is 11.7 Å². The first-order valence-electron chi connectivity index (χ1n) is 10.3. The molecule has 8 heteroatoms. The summed E-state index contributed by atoms with van der Waals surface area (Å²) in [7, 11) is 0. The molecule has 33 heavy (non-hydrogen) atoms. The maximum Gasteiger partial charge on any atom is 0.323 e. The number of ketones is 1. The second-order valence-corrected chi connectivity index (χ2v) is 8.29. The molecule has 0 saturated carbocycles. The zero-order valence-corrected chi connectivity index (χ0v) is 18.2. The number of Topliss-reactive ketones (excluding diaryl/α,β-unsaturated/α-hetero) is 1. The Hall–Kier alpha value is -3.71. The largest absolute Gasteiger partial charge is 0.481 e. The van der Waals surface area contributed by atoms with Gasteiger partial charge in [0.15, 0.2) is 5.78 Å². The Morgan fingerprint density at radius 3 is 2.52 bits per heavy atom. The highest BCUT2D eigenvalue weighted by Gasteiger charge is 2.29. The van der Waals surface area contributed by atoms with Gasteiger partial charge in [0.1, 0.15) is 5.82 Å². The molecular formula is C25H20ClFN2O4. The van der Waals surface area contributed by atoms with Crippen molar-refractivity contribution < 1.29 is 23.9 Å². The average Bonchev–Trinajstić information content (AvgIpc) is 2.76. The van der Waals surface area contributed by atoms with Crippen molar-refractivity contribution in [1.82, 2.24) is 0 Å². The van der Waals surface area contributed by atoms with Crippen LogP contribution in [-0.4, -0.2) is 22.9 Å². The van der Waals surface area contributed by atoms with Crippen molar-refractivity contribution in [3.63, 3.8) is 0 Å². The smallest absolute Gasteiger partial charge is 0.323 e. The minimum atomic E-state index is -0.987. The minimum absolute atomic E-state index is 0.0166. The standard InChI is InChI=1S/C25H20ClFN2O4/c26-18-2-1-3-19(13-18)28-25(33)29-22-9-7-15(11-21(22)27)14-6-8-20-16(10-14)4-5-17(24(20)32)12-23(30)31/h1-3,6-11,13,17H,4-5,12H2,(H,30,31)(H2,28,29,33). The molecule has 0 radical (unpaired) electrons. The maximum atomic E-state index is 14.7. The highest BCUT2D eigenvalue weighted by atomic mass is 35.5. The third-order valence-electron chi connectivity index (χ3n) is 5.56. The summed E-state index contributed by atoms with van der Waals surface area (Å²) in [6.45, 7) is 0. The fourth-order valence-electron chi connectivity index (χ4n) is 3.95. The number of carboxylic acids is 1. The van der Waals surface area contributed by atoms with Crippen molar-refractivity contribution in [2.24, 2.45) is 5.92 Å². The number of rotatable bonds is 5. The van der Waals surface area contributed by atoms with Gasteiger partial charge in [-0.25, -0.2) is 9.18 Å². The van der Waals surface area contributed by atoms with Crippen LogP contribution in [-0.2, 0) is 11.2 Å². The van der Waals surface area contributed by atoms with E-state index < -0.39 is 23.7 Å². The number of carbonyl (C=O) groups is 3. The predicted octanol–water partition coefficient (Wildman–Crippen LogP) is 6.01. The summed E-state index contributed by atoms with van der Waals surface area (Å²) in [5.41, 5.74) is 3.16. The molecule has 0 aliphatic heterocycles. The Bertz CT molecular complexity index is 1260. The quantitative estimate of drug-likeness (QED) is 0.429. The molecule has 1 unspecified atom stereocenters. The molecule has 1 atom stereocenters. The number of hydrogen-bond acceptors (Lipinski definition) is 3. The van der Waals surface area contributed by atoms with E-state index in [0.29, 0.717) is 34.7 Å². The van der Waals surface area contributed by atoms with E-state index in [0.717, 1.165) is 11.1 Å². The summed E-state index contributed by atoms with van der Waals surface area (Å²) in [5, 5.41) is 14.5. The van der Waals surface area contributed by atoms with Crippen molar-refractivity contribution >= 4 is 40.8 Å². The summed E-state index contributed by atoms with van der Waals surface area (Å²) in [6.07, 6.45) is 0.879. The summed E-state index contributed by atoms with van der Waals surface area (Å²) in [5.74, 6) is -2.27. The SMILES string of the molecule is O=C(O)CC1CCc2cc(-c3ccc(NC(=O)Nc4cccc(Cl)c4)c(F)c3)ccc2C1=O. The molecule has 0 fully saturated rings. The van der Waals surface area contributed by atoms with E-state index in [1.165, 1.54) is 12.1 Å². The van der Waals surface area contributed by atoms with Gasteiger partial charge in [-0.05, 0) is 59.9 Å². The molecule has 3 aromatic carbocycles. The third kappa shape index (κ3) is 5.21. The lowest BCUT2D eigenvalue weighted by atomic mass is 9.80. The van der Waals surface area contributed by atoms with E-state index >= 15 is 0 Å². The molecule has 6 nitrogen and oxygen atoms in total. The molecule has 168 valence electrons. The number of hydrogen-bond donors (Lipinski definition) is 3. The third-order valence-corrected chi connectivity index (χ3v) is 5.79. The van der Waals surface area contributed by atoms with Crippen molar-refractivity contribution in [1.29, 1.82) is 0 Å². The van der Waals surface area contributed by atoms with Gasteiger partial charge >= 0.3 is 12.0 Å². The van der Waals surface area contributed by atoms with Crippen molar-refractivity contribution in [3.05, 3.63) is 82.6 Å². The molecule has 2 amide bonds. The molecule has 1 aliphatic carbocycles. The number of aliphatic carboxylic acids is 1. The van der Waals surface area contributed by atoms with Crippen LogP contribution >= 0.6 is 11.6 Å². The van der Waals surface area contributed by atoms with Crippen molar-refractivity contribution in [2.45, 2.75) is 19.3 Å². The van der Waals surface area contributed by atoms with Crippen molar-refractivity contribution in [3.8, 4) is 11.1 Å². The van der Waals surface area contributed by atoms with E-state index in [1.807, 2.05) is 6.07 Å². The summed E-state index contributed by atoms with van der Waals surface area (Å²) >= 11 is 5.89. The first-order chi connectivity index (χ1) is 15.8. The predicted molar refractivity (Wildman–Crippen MR) is 124 cm³/mol. The van der Waals surface area contributed by atoms with Gasteiger partial charge in [-0.2, -0.15) is 0 Å². The van der Waals surface area contributed by atoms with E-state index in [4.69, 9.17) is 16.7 Å². The lowest BCUT2D eigenvalue weighted by Crippen LogP contribution is -2.24. The molecule has 0 spiro atoms. The molecule has 3 N–H and O–H groups in total. The number of carboxylic acid groups (broad SMARTS) is 1. The maximum absolute atomic E-state index is 14.7. The molecule has 3 aromatic rings. The Balaban J connectivity index is 1.48. The minimum Gasteiger partial charge on any atom is -0.481 e. The molecule has 0 bridgehead atoms. The van der Waals surface area contributed by atoms with Gasteiger partial charge in [0.2, 0.25) is 0 Å². The number of urea groups is 1. The van der Waals surface area contributed by atoms with Gasteiger partial charge < -0.3 is 15.7 Å². The Morgan fingerprint density at radius 1 is 1.03 bits per heavy atom. The fourth-order valence-corrected chi connectivity index (χ4v) is 4.14. The molecular weight excluding hydrogens is 447 g/mol. The van der Waals surface area contributed by atoms with E-state index in [2.05, 4.69) is 10.6 Å². The monoisotopic (exact) mass is 466 g/mol. The second-order valence-electron chi connectivity index (χ2n) is 7.85. The number of benzene rings is 3. The van der Waals surface area contributed by atoms with Crippen LogP contribution < -0.4 is 10.6 Å². The average molecular weight is 467 g/mol. The van der Waals surface area contributed by atoms with Gasteiger partial charge in [0.05, 0.1) is 12.1 Å². The van der Waals surface area contributed by atoms with Crippen LogP contribution in [0.4, 0.5) is 20.6 Å². The van der Waals surface area contributed by atoms with E-state index in [-0.39, 0.29) is 17.9 Å². The van der Waals surface area contributed by atoms with Crippen LogP contribution in [0.1, 0.15) is 28.8 Å². The number of nitrogens with one attached hydrogen (secondary N) is 2. The normalized spacial score (nSPS) is 15.0. The number of fused-ring (bicyclic) bond motifs is 1. The topological polar surface area (TPSA) is 95.5 Å². The second kappa shape index (κ2) is 9.42. The zero-order chi connectivity index (χ0) is 23.5. The Morgan fingerprint density at radius 2 is 1.79 bits per heavy atom. The van der Waals surface area contributed by atoms with Crippen LogP contribution in [0.25, 0.3) is 11.1 Å². The van der Waals surface area contributed by atoms with Gasteiger partial charge in [-0.1, -0.05) is 41.9 Å². The van der Waals surface area contributed by atoms with Crippen LogP contribution in [0.15, 0.2) is 60.7 Å². The summed E-state index contributed by atoms with van der Waals surface area (Å²) < 4.78 is 14.7. The first-order valence-corrected chi connectivity index (χ1v) is 10.7. The number of aryl methyl sites for hydroxylation is 1. The zero-order valence-electron chi connectivity index (χ0n) is 17.4. The van der Waals surface area contributed by atoms with Gasteiger partial charge in [-0.3, -0.25) is 9.59 Å². The number of halogens is 2. The molecule has 1 aliphatic rings. The van der Waals surface area contributed by atoms with Crippen LogP contribution in [0.2, 0.25) is 5.02 Å². The molecule has 0 saturated heterocycles. The highest BCUT2D eigenvalue weighted by molar-refractivity contribution is 6.30. The number of carbonyl (C=O) groups excluding carboxylic acids is 2. The molecule has 0 aromatic heterocycles. The fraction of sp³-hybridized carbons (Fsp3) is 0.160. The lowest BCUT2D eigenvalue weighted by Gasteiger charge is -2.22. The van der Waals surface area contributed by atoms with E-state index in [1.54, 1.807) is 42.5 Å². The number of amides is 2. The summed E-state index contributed by atoms with van der Waals surface area (Å²) in [6, 6.07) is 15.7. The van der Waals surface area contributed by atoms with Crippen molar-refractivity contribution in [2.75, 3.05) is 10.6 Å². The van der Waals surface area contributed by atoms with Gasteiger partial charge in [0.25, 0.3) is 0 Å². The van der Waals surface area contributed by atoms with E-state index in [9.17, 15) is 18.8 Å². The lowest BCUT2D eigenvalue weighted by molar-refractivity contribution is -0.137. The Kier molecular flexibility index (Phi) is 6.42. The van der Waals surface area contributed by atoms with Gasteiger partial charge in [0, 0.05) is 22.2 Å². The molecule has 4 rings (SSSR count). The van der Waals surface area contributed by atoms with Gasteiger partial charge in [-0.15, -0.1) is 0 Å². The molecule has 0 heterocycles. The van der Waals surface area contributed by atoms with Crippen LogP contribution in [0.5, 0.6) is 0 Å².